The van der Waals surface area contributed by atoms with Gasteiger partial charge in [0, 0.05) is 5.56 Å². The number of likely N-dealkylation sites (tertiary alicyclic amines) is 1. The molecule has 0 aromatic heterocycles. The third-order valence-electron chi connectivity index (χ3n) is 4.27. The van der Waals surface area contributed by atoms with Crippen molar-refractivity contribution in [1.29, 1.82) is 0 Å². The summed E-state index contributed by atoms with van der Waals surface area (Å²) in [6, 6.07) is 9.91. The quantitative estimate of drug-likeness (QED) is 0.720. The highest BCUT2D eigenvalue weighted by Crippen LogP contribution is 2.19. The molecule has 2 nitrogen and oxygen atoms in total. The molecule has 0 bridgehead atoms. The number of nitrogens with zero attached hydrogens (tertiary/aromatic N) is 1. The molecule has 1 aromatic rings. The SMILES string of the molecule is CCCCC(C(=O)c1ccccc1)N1CCCCCC1. The predicted molar refractivity (Wildman–Crippen MR) is 84.1 cm³/mol. The highest BCUT2D eigenvalue weighted by molar-refractivity contribution is 6.00. The van der Waals surface area contributed by atoms with E-state index in [1.165, 1.54) is 25.7 Å². The molecule has 1 fully saturated rings. The minimum atomic E-state index is 0.0930. The Labute approximate surface area is 123 Å². The molecule has 110 valence electrons. The second kappa shape index (κ2) is 8.21. The van der Waals surface area contributed by atoms with Crippen molar-refractivity contribution in [2.24, 2.45) is 0 Å². The molecule has 1 unspecified atom stereocenters. The average Bonchev–Trinajstić information content (AvgIpc) is 2.77. The zero-order chi connectivity index (χ0) is 14.2. The van der Waals surface area contributed by atoms with Crippen molar-refractivity contribution in [3.63, 3.8) is 0 Å². The number of Topliss-reactive ketones (excluding diaryl/α,β-unsaturated/α-hetero) is 1. The number of unbranched alkanes of at least 4 members (excludes halogenated alkanes) is 1. The summed E-state index contributed by atoms with van der Waals surface area (Å²) in [6.45, 7) is 4.38. The standard InChI is InChI=1S/C18H27NO/c1-2-3-13-17(19-14-9-4-5-10-15-19)18(20)16-11-7-6-8-12-16/h6-8,11-12,17H,2-5,9-10,13-15H2,1H3. The van der Waals surface area contributed by atoms with Crippen LogP contribution in [0.25, 0.3) is 0 Å². The van der Waals surface area contributed by atoms with Crippen molar-refractivity contribution < 1.29 is 4.79 Å². The Morgan fingerprint density at radius 3 is 2.35 bits per heavy atom. The summed E-state index contributed by atoms with van der Waals surface area (Å²) >= 11 is 0. The monoisotopic (exact) mass is 273 g/mol. The van der Waals surface area contributed by atoms with Gasteiger partial charge in [-0.1, -0.05) is 62.9 Å². The summed E-state index contributed by atoms with van der Waals surface area (Å²) in [6.07, 6.45) is 8.42. The van der Waals surface area contributed by atoms with Crippen LogP contribution in [0.5, 0.6) is 0 Å². The van der Waals surface area contributed by atoms with E-state index < -0.39 is 0 Å². The number of carbonyl (C=O) groups excluding carboxylic acids is 1. The fraction of sp³-hybridized carbons (Fsp3) is 0.611. The highest BCUT2D eigenvalue weighted by Gasteiger charge is 2.26. The lowest BCUT2D eigenvalue weighted by molar-refractivity contribution is 0.0806. The maximum atomic E-state index is 12.8. The van der Waals surface area contributed by atoms with E-state index in [0.717, 1.165) is 37.9 Å². The molecule has 0 aliphatic carbocycles. The van der Waals surface area contributed by atoms with E-state index >= 15 is 0 Å². The van der Waals surface area contributed by atoms with E-state index in [1.807, 2.05) is 30.3 Å². The third kappa shape index (κ3) is 4.17. The van der Waals surface area contributed by atoms with Gasteiger partial charge in [-0.15, -0.1) is 0 Å². The molecular formula is C18H27NO. The van der Waals surface area contributed by atoms with Crippen molar-refractivity contribution in [3.05, 3.63) is 35.9 Å². The number of hydrogen-bond donors (Lipinski definition) is 0. The molecule has 2 rings (SSSR count). The minimum absolute atomic E-state index is 0.0930. The van der Waals surface area contributed by atoms with Gasteiger partial charge in [-0.3, -0.25) is 9.69 Å². The number of carbonyl (C=O) groups is 1. The van der Waals surface area contributed by atoms with Crippen LogP contribution >= 0.6 is 0 Å². The molecule has 1 atom stereocenters. The van der Waals surface area contributed by atoms with E-state index in [0.29, 0.717) is 5.78 Å². The second-order valence-corrected chi connectivity index (χ2v) is 5.84. The van der Waals surface area contributed by atoms with Gasteiger partial charge in [-0.25, -0.2) is 0 Å². The Balaban J connectivity index is 2.11. The van der Waals surface area contributed by atoms with Gasteiger partial charge in [0.1, 0.15) is 0 Å². The Kier molecular flexibility index (Phi) is 6.25. The molecule has 1 aliphatic rings. The molecule has 1 heterocycles. The van der Waals surface area contributed by atoms with Crippen LogP contribution in [-0.4, -0.2) is 29.8 Å². The minimum Gasteiger partial charge on any atom is -0.293 e. The van der Waals surface area contributed by atoms with Crippen molar-refractivity contribution >= 4 is 5.78 Å². The summed E-state index contributed by atoms with van der Waals surface area (Å²) in [7, 11) is 0. The van der Waals surface area contributed by atoms with Crippen LogP contribution in [0.1, 0.15) is 62.2 Å². The number of hydrogen-bond acceptors (Lipinski definition) is 2. The van der Waals surface area contributed by atoms with Crippen LogP contribution in [-0.2, 0) is 0 Å². The molecule has 20 heavy (non-hydrogen) atoms. The van der Waals surface area contributed by atoms with Gasteiger partial charge < -0.3 is 0 Å². The summed E-state index contributed by atoms with van der Waals surface area (Å²) in [4.78, 5) is 15.3. The van der Waals surface area contributed by atoms with Gasteiger partial charge in [0.15, 0.2) is 5.78 Å². The normalized spacial score (nSPS) is 18.4. The first-order valence-corrected chi connectivity index (χ1v) is 8.16. The summed E-state index contributed by atoms with van der Waals surface area (Å²) in [5.41, 5.74) is 0.873. The number of rotatable bonds is 6. The van der Waals surface area contributed by atoms with E-state index in [-0.39, 0.29) is 6.04 Å². The fourth-order valence-corrected chi connectivity index (χ4v) is 3.08. The third-order valence-corrected chi connectivity index (χ3v) is 4.27. The van der Waals surface area contributed by atoms with Crippen LogP contribution in [0.4, 0.5) is 0 Å². The highest BCUT2D eigenvalue weighted by atomic mass is 16.1. The van der Waals surface area contributed by atoms with E-state index in [4.69, 9.17) is 0 Å². The van der Waals surface area contributed by atoms with Crippen molar-refractivity contribution in [2.45, 2.75) is 57.9 Å². The molecule has 0 N–H and O–H groups in total. The summed E-state index contributed by atoms with van der Waals surface area (Å²) < 4.78 is 0. The maximum Gasteiger partial charge on any atom is 0.179 e. The fourth-order valence-electron chi connectivity index (χ4n) is 3.08. The van der Waals surface area contributed by atoms with Crippen molar-refractivity contribution in [3.8, 4) is 0 Å². The molecule has 1 aromatic carbocycles. The van der Waals surface area contributed by atoms with E-state index in [9.17, 15) is 4.79 Å². The van der Waals surface area contributed by atoms with Gasteiger partial charge in [0.2, 0.25) is 0 Å². The zero-order valence-electron chi connectivity index (χ0n) is 12.7. The molecule has 2 heteroatoms. The van der Waals surface area contributed by atoms with Gasteiger partial charge in [0.05, 0.1) is 6.04 Å². The lowest BCUT2D eigenvalue weighted by atomic mass is 9.97. The van der Waals surface area contributed by atoms with E-state index in [2.05, 4.69) is 11.8 Å². The van der Waals surface area contributed by atoms with Gasteiger partial charge >= 0.3 is 0 Å². The lowest BCUT2D eigenvalue weighted by Gasteiger charge is -2.29. The van der Waals surface area contributed by atoms with Crippen molar-refractivity contribution in [2.75, 3.05) is 13.1 Å². The largest absolute Gasteiger partial charge is 0.293 e. The first kappa shape index (κ1) is 15.2. The van der Waals surface area contributed by atoms with Crippen LogP contribution < -0.4 is 0 Å². The molecule has 1 saturated heterocycles. The molecule has 0 amide bonds. The molecule has 1 aliphatic heterocycles. The summed E-state index contributed by atoms with van der Waals surface area (Å²) in [5.74, 6) is 0.320. The molecule has 0 saturated carbocycles. The Hall–Kier alpha value is -1.15. The van der Waals surface area contributed by atoms with Gasteiger partial charge in [-0.2, -0.15) is 0 Å². The lowest BCUT2D eigenvalue weighted by Crippen LogP contribution is -2.41. The van der Waals surface area contributed by atoms with Crippen LogP contribution in [0.3, 0.4) is 0 Å². The molecule has 0 spiro atoms. The van der Waals surface area contributed by atoms with Crippen molar-refractivity contribution in [1.82, 2.24) is 4.90 Å². The first-order chi connectivity index (χ1) is 9.83. The smallest absolute Gasteiger partial charge is 0.179 e. The number of benzene rings is 1. The first-order valence-electron chi connectivity index (χ1n) is 8.16. The summed E-state index contributed by atoms with van der Waals surface area (Å²) in [5, 5.41) is 0. The van der Waals surface area contributed by atoms with E-state index in [1.54, 1.807) is 0 Å². The topological polar surface area (TPSA) is 20.3 Å². The zero-order valence-corrected chi connectivity index (χ0v) is 12.7. The Morgan fingerprint density at radius 2 is 1.75 bits per heavy atom. The average molecular weight is 273 g/mol. The predicted octanol–water partition coefficient (Wildman–Crippen LogP) is 4.30. The second-order valence-electron chi connectivity index (χ2n) is 5.84. The Bertz CT molecular complexity index is 393. The van der Waals surface area contributed by atoms with Crippen LogP contribution in [0.15, 0.2) is 30.3 Å². The number of ketones is 1. The maximum absolute atomic E-state index is 12.8. The van der Waals surface area contributed by atoms with Crippen LogP contribution in [0, 0.1) is 0 Å². The van der Waals surface area contributed by atoms with Crippen LogP contribution in [0.2, 0.25) is 0 Å². The Morgan fingerprint density at radius 1 is 1.10 bits per heavy atom. The van der Waals surface area contributed by atoms with Gasteiger partial charge in [0.25, 0.3) is 0 Å². The van der Waals surface area contributed by atoms with Gasteiger partial charge in [-0.05, 0) is 32.4 Å². The molecular weight excluding hydrogens is 246 g/mol. The molecule has 0 radical (unpaired) electrons.